The van der Waals surface area contributed by atoms with Crippen LogP contribution >= 0.6 is 22.6 Å². The Balaban J connectivity index is 3.34. The average Bonchev–Trinajstić information content (AvgIpc) is 2.01. The maximum Gasteiger partial charge on any atom is 0.282 e. The van der Waals surface area contributed by atoms with Gasteiger partial charge in [0.1, 0.15) is 0 Å². The van der Waals surface area contributed by atoms with E-state index in [1.807, 2.05) is 0 Å². The molecular formula is C6H5IN2O4S. The Labute approximate surface area is 93.4 Å². The molecule has 0 heterocycles. The lowest BCUT2D eigenvalue weighted by molar-refractivity contribution is -0.385. The number of rotatable bonds is 2. The maximum absolute atomic E-state index is 10.9. The van der Waals surface area contributed by atoms with Crippen LogP contribution < -0.4 is 5.14 Å². The van der Waals surface area contributed by atoms with Gasteiger partial charge in [-0.05, 0) is 34.7 Å². The molecule has 76 valence electrons. The van der Waals surface area contributed by atoms with Crippen molar-refractivity contribution in [3.8, 4) is 0 Å². The standard InChI is InChI=1S/C6H5IN2O4S/c7-5-3-4(14(8,12)13)1-2-6(5)9(10)11/h1-3H,(H2,8,12,13). The Morgan fingerprint density at radius 1 is 1.43 bits per heavy atom. The molecular weight excluding hydrogens is 323 g/mol. The Morgan fingerprint density at radius 3 is 2.36 bits per heavy atom. The number of nitrogens with two attached hydrogens (primary N) is 1. The second-order valence-corrected chi connectivity index (χ2v) is 5.14. The smallest absolute Gasteiger partial charge is 0.258 e. The van der Waals surface area contributed by atoms with Crippen LogP contribution in [0.3, 0.4) is 0 Å². The maximum atomic E-state index is 10.9. The molecule has 0 aromatic heterocycles. The van der Waals surface area contributed by atoms with Crippen molar-refractivity contribution in [3.05, 3.63) is 31.9 Å². The number of hydrogen-bond donors (Lipinski definition) is 1. The molecule has 6 nitrogen and oxygen atoms in total. The first-order valence-corrected chi connectivity index (χ1v) is 5.91. The van der Waals surface area contributed by atoms with Gasteiger partial charge in [0, 0.05) is 6.07 Å². The van der Waals surface area contributed by atoms with E-state index in [0.29, 0.717) is 0 Å². The van der Waals surface area contributed by atoms with Gasteiger partial charge < -0.3 is 0 Å². The highest BCUT2D eigenvalue weighted by molar-refractivity contribution is 14.1. The molecule has 0 radical (unpaired) electrons. The zero-order valence-corrected chi connectivity index (χ0v) is 9.65. The number of nitrogens with zero attached hydrogens (tertiary/aromatic N) is 1. The van der Waals surface area contributed by atoms with Gasteiger partial charge in [-0.3, -0.25) is 10.1 Å². The molecule has 0 spiro atoms. The van der Waals surface area contributed by atoms with Crippen LogP contribution in [0, 0.1) is 13.7 Å². The normalized spacial score (nSPS) is 11.3. The Bertz CT molecular complexity index is 485. The molecule has 2 N–H and O–H groups in total. The predicted molar refractivity (Wildman–Crippen MR) is 57.2 cm³/mol. The Kier molecular flexibility index (Phi) is 3.07. The van der Waals surface area contributed by atoms with Gasteiger partial charge in [0.25, 0.3) is 5.69 Å². The molecule has 0 unspecified atom stereocenters. The molecule has 1 aromatic rings. The van der Waals surface area contributed by atoms with Crippen molar-refractivity contribution in [3.63, 3.8) is 0 Å². The van der Waals surface area contributed by atoms with Crippen molar-refractivity contribution in [1.29, 1.82) is 0 Å². The van der Waals surface area contributed by atoms with Crippen LogP contribution in [0.1, 0.15) is 0 Å². The number of benzene rings is 1. The second kappa shape index (κ2) is 3.79. The fourth-order valence-corrected chi connectivity index (χ4v) is 2.28. The molecule has 0 aliphatic heterocycles. The van der Waals surface area contributed by atoms with Crippen LogP contribution in [0.2, 0.25) is 0 Å². The van der Waals surface area contributed by atoms with Crippen molar-refractivity contribution in [2.45, 2.75) is 4.90 Å². The van der Waals surface area contributed by atoms with E-state index in [1.165, 1.54) is 0 Å². The first kappa shape index (κ1) is 11.3. The van der Waals surface area contributed by atoms with Crippen LogP contribution in [0.5, 0.6) is 0 Å². The number of nitro benzene ring substituents is 1. The number of primary sulfonamides is 1. The fourth-order valence-electron chi connectivity index (χ4n) is 0.813. The first-order chi connectivity index (χ1) is 6.32. The van der Waals surface area contributed by atoms with E-state index in [-0.39, 0.29) is 14.2 Å². The number of halogens is 1. The third-order valence-electron chi connectivity index (χ3n) is 1.44. The summed E-state index contributed by atoms with van der Waals surface area (Å²) in [5, 5.41) is 15.3. The van der Waals surface area contributed by atoms with E-state index >= 15 is 0 Å². The molecule has 0 saturated heterocycles. The van der Waals surface area contributed by atoms with E-state index in [1.54, 1.807) is 22.6 Å². The van der Waals surface area contributed by atoms with E-state index in [0.717, 1.165) is 18.2 Å². The predicted octanol–water partition coefficient (Wildman–Crippen LogP) is 0.847. The Hall–Kier alpha value is -0.740. The van der Waals surface area contributed by atoms with Gasteiger partial charge in [-0.1, -0.05) is 0 Å². The second-order valence-electron chi connectivity index (χ2n) is 2.42. The highest BCUT2D eigenvalue weighted by Gasteiger charge is 2.15. The van der Waals surface area contributed by atoms with Crippen LogP contribution in [-0.4, -0.2) is 13.3 Å². The summed E-state index contributed by atoms with van der Waals surface area (Å²) in [6.45, 7) is 0. The van der Waals surface area contributed by atoms with Gasteiger partial charge in [-0.25, -0.2) is 13.6 Å². The van der Waals surface area contributed by atoms with E-state index in [2.05, 4.69) is 0 Å². The molecule has 14 heavy (non-hydrogen) atoms. The molecule has 0 amide bonds. The number of nitro groups is 1. The van der Waals surface area contributed by atoms with Crippen molar-refractivity contribution < 1.29 is 13.3 Å². The van der Waals surface area contributed by atoms with Gasteiger partial charge in [-0.15, -0.1) is 0 Å². The first-order valence-electron chi connectivity index (χ1n) is 3.29. The highest BCUT2D eigenvalue weighted by atomic mass is 127. The lowest BCUT2D eigenvalue weighted by Crippen LogP contribution is -2.12. The van der Waals surface area contributed by atoms with Gasteiger partial charge in [0.2, 0.25) is 10.0 Å². The van der Waals surface area contributed by atoms with Gasteiger partial charge >= 0.3 is 0 Å². The van der Waals surface area contributed by atoms with Crippen molar-refractivity contribution in [1.82, 2.24) is 0 Å². The minimum Gasteiger partial charge on any atom is -0.258 e. The summed E-state index contributed by atoms with van der Waals surface area (Å²) < 4.78 is 22.0. The molecule has 0 aliphatic carbocycles. The fraction of sp³-hybridized carbons (Fsp3) is 0. The van der Waals surface area contributed by atoms with E-state index in [4.69, 9.17) is 5.14 Å². The number of hydrogen-bond acceptors (Lipinski definition) is 4. The zero-order chi connectivity index (χ0) is 10.9. The summed E-state index contributed by atoms with van der Waals surface area (Å²) in [6.07, 6.45) is 0. The van der Waals surface area contributed by atoms with Gasteiger partial charge in [-0.2, -0.15) is 0 Å². The molecule has 0 bridgehead atoms. The largest absolute Gasteiger partial charge is 0.282 e. The lowest BCUT2D eigenvalue weighted by atomic mass is 10.3. The Morgan fingerprint density at radius 2 is 2.00 bits per heavy atom. The third kappa shape index (κ3) is 2.39. The molecule has 0 fully saturated rings. The molecule has 0 atom stereocenters. The molecule has 0 aliphatic rings. The summed E-state index contributed by atoms with van der Waals surface area (Å²) in [5.74, 6) is 0. The van der Waals surface area contributed by atoms with Crippen LogP contribution in [-0.2, 0) is 10.0 Å². The SMILES string of the molecule is NS(=O)(=O)c1ccc([N+](=O)[O-])c(I)c1. The lowest BCUT2D eigenvalue weighted by Gasteiger charge is -1.99. The van der Waals surface area contributed by atoms with Crippen molar-refractivity contribution in [2.75, 3.05) is 0 Å². The molecule has 1 aromatic carbocycles. The average molecular weight is 328 g/mol. The summed E-state index contributed by atoms with van der Waals surface area (Å²) >= 11 is 1.68. The third-order valence-corrected chi connectivity index (χ3v) is 3.22. The minimum absolute atomic E-state index is 0.132. The highest BCUT2D eigenvalue weighted by Crippen LogP contribution is 2.23. The summed E-state index contributed by atoms with van der Waals surface area (Å²) in [6, 6.07) is 3.38. The monoisotopic (exact) mass is 328 g/mol. The van der Waals surface area contributed by atoms with Gasteiger partial charge in [0.15, 0.2) is 0 Å². The van der Waals surface area contributed by atoms with Crippen LogP contribution in [0.4, 0.5) is 5.69 Å². The van der Waals surface area contributed by atoms with Crippen LogP contribution in [0.15, 0.2) is 23.1 Å². The van der Waals surface area contributed by atoms with Crippen molar-refractivity contribution in [2.24, 2.45) is 5.14 Å². The van der Waals surface area contributed by atoms with Gasteiger partial charge in [0.05, 0.1) is 13.4 Å². The quantitative estimate of drug-likeness (QED) is 0.494. The summed E-state index contributed by atoms with van der Waals surface area (Å²) in [7, 11) is -3.80. The molecule has 1 rings (SSSR count). The molecule has 0 saturated carbocycles. The summed E-state index contributed by atoms with van der Waals surface area (Å²) in [4.78, 5) is 9.68. The van der Waals surface area contributed by atoms with Crippen molar-refractivity contribution >= 4 is 38.3 Å². The zero-order valence-electron chi connectivity index (χ0n) is 6.68. The number of sulfonamides is 1. The van der Waals surface area contributed by atoms with E-state index in [9.17, 15) is 18.5 Å². The van der Waals surface area contributed by atoms with Crippen LogP contribution in [0.25, 0.3) is 0 Å². The topological polar surface area (TPSA) is 103 Å². The molecule has 8 heteroatoms. The summed E-state index contributed by atoms with van der Waals surface area (Å²) in [5.41, 5.74) is -0.141. The van der Waals surface area contributed by atoms with E-state index < -0.39 is 14.9 Å². The minimum atomic E-state index is -3.80.